The molecule has 0 saturated carbocycles. The van der Waals surface area contributed by atoms with Crippen LogP contribution >= 0.6 is 15.9 Å². The quantitative estimate of drug-likeness (QED) is 0.598. The molecule has 9 heteroatoms. The van der Waals surface area contributed by atoms with Gasteiger partial charge in [-0.1, -0.05) is 0 Å². The Morgan fingerprint density at radius 1 is 1.35 bits per heavy atom. The van der Waals surface area contributed by atoms with Gasteiger partial charge in [0.2, 0.25) is 0 Å². The van der Waals surface area contributed by atoms with Crippen molar-refractivity contribution < 1.29 is 17.6 Å². The second-order valence-corrected chi connectivity index (χ2v) is 7.93. The van der Waals surface area contributed by atoms with Crippen LogP contribution in [-0.4, -0.2) is 30.8 Å². The van der Waals surface area contributed by atoms with Crippen LogP contribution in [0.5, 0.6) is 0 Å². The van der Waals surface area contributed by atoms with E-state index in [1.54, 1.807) is 12.3 Å². The zero-order valence-electron chi connectivity index (χ0n) is 11.6. The summed E-state index contributed by atoms with van der Waals surface area (Å²) in [6.45, 7) is 0. The van der Waals surface area contributed by atoms with E-state index in [0.717, 1.165) is 12.1 Å². The second-order valence-electron chi connectivity index (χ2n) is 4.94. The van der Waals surface area contributed by atoms with Crippen LogP contribution in [0.15, 0.2) is 44.9 Å². The number of hydrazone groups is 1. The van der Waals surface area contributed by atoms with Crippen LogP contribution in [0, 0.1) is 5.82 Å². The van der Waals surface area contributed by atoms with Gasteiger partial charge in [-0.2, -0.15) is 5.10 Å². The first kappa shape index (κ1) is 15.9. The minimum atomic E-state index is -3.45. The van der Waals surface area contributed by atoms with E-state index in [9.17, 15) is 17.6 Å². The summed E-state index contributed by atoms with van der Waals surface area (Å²) in [7, 11) is -3.45. The van der Waals surface area contributed by atoms with Gasteiger partial charge >= 0.3 is 0 Å². The number of fused-ring (bicyclic) bond motifs is 1. The van der Waals surface area contributed by atoms with Crippen LogP contribution in [0.3, 0.4) is 0 Å². The third-order valence-corrected chi connectivity index (χ3v) is 5.61. The normalized spacial score (nSPS) is 17.7. The van der Waals surface area contributed by atoms with Gasteiger partial charge in [0.25, 0.3) is 5.91 Å². The number of nitrogens with one attached hydrogen (secondary N) is 2. The molecule has 0 aliphatic carbocycles. The first-order valence-electron chi connectivity index (χ1n) is 6.60. The maximum Gasteiger partial charge on any atom is 0.287 e. The van der Waals surface area contributed by atoms with E-state index in [4.69, 9.17) is 0 Å². The van der Waals surface area contributed by atoms with Crippen LogP contribution in [0.25, 0.3) is 0 Å². The number of halogens is 2. The summed E-state index contributed by atoms with van der Waals surface area (Å²) in [5.74, 6) is -1.17. The second kappa shape index (κ2) is 5.89. The average Bonchev–Trinajstić information content (AvgIpc) is 2.92. The Labute approximate surface area is 139 Å². The summed E-state index contributed by atoms with van der Waals surface area (Å²) < 4.78 is 38.2. The molecule has 0 bridgehead atoms. The molecule has 0 fully saturated rings. The van der Waals surface area contributed by atoms with Gasteiger partial charge in [-0.05, 0) is 40.2 Å². The zero-order valence-corrected chi connectivity index (χ0v) is 14.0. The number of hydrogen-bond donors (Lipinski definition) is 2. The van der Waals surface area contributed by atoms with Crippen molar-refractivity contribution in [3.05, 3.63) is 52.0 Å². The molecule has 2 heterocycles. The molecule has 120 valence electrons. The summed E-state index contributed by atoms with van der Waals surface area (Å²) >= 11 is 3.21. The lowest BCUT2D eigenvalue weighted by Gasteiger charge is -2.18. The van der Waals surface area contributed by atoms with Gasteiger partial charge in [0.15, 0.2) is 9.84 Å². The molecule has 0 radical (unpaired) electrons. The van der Waals surface area contributed by atoms with E-state index < -0.39 is 21.6 Å². The largest absolute Gasteiger partial charge is 0.356 e. The van der Waals surface area contributed by atoms with Gasteiger partial charge in [0.1, 0.15) is 11.5 Å². The molecule has 0 unspecified atom stereocenters. The third-order valence-electron chi connectivity index (χ3n) is 3.38. The maximum absolute atomic E-state index is 13.4. The lowest BCUT2D eigenvalue weighted by atomic mass is 10.1. The number of sulfone groups is 1. The van der Waals surface area contributed by atoms with Crippen molar-refractivity contribution in [1.82, 2.24) is 10.4 Å². The van der Waals surface area contributed by atoms with Crippen LogP contribution in [0.2, 0.25) is 0 Å². The molecular weight excluding hydrogens is 389 g/mol. The summed E-state index contributed by atoms with van der Waals surface area (Å²) in [6.07, 6.45) is 1.70. The molecule has 1 aromatic heterocycles. The Hall–Kier alpha value is -2.00. The topological polar surface area (TPSA) is 91.4 Å². The molecule has 2 N–H and O–H groups in total. The fourth-order valence-electron chi connectivity index (χ4n) is 2.27. The van der Waals surface area contributed by atoms with Crippen LogP contribution in [-0.2, 0) is 9.84 Å². The fraction of sp³-hybridized carbons (Fsp3) is 0.143. The van der Waals surface area contributed by atoms with E-state index >= 15 is 0 Å². The summed E-state index contributed by atoms with van der Waals surface area (Å²) in [5.41, 5.74) is 3.16. The molecule has 23 heavy (non-hydrogen) atoms. The highest BCUT2D eigenvalue weighted by molar-refractivity contribution is 9.10. The standard InChI is InChI=1S/C14H11BrFN3O3S/c15-8-5-12(17-7-8)14(20)19-18-11-3-4-23(21,22)13-2-1-9(16)6-10(11)13/h1-2,5-7,17H,3-4H2,(H,19,20). The predicted octanol–water partition coefficient (Wildman–Crippen LogP) is 2.23. The van der Waals surface area contributed by atoms with E-state index in [0.29, 0.717) is 15.9 Å². The highest BCUT2D eigenvalue weighted by atomic mass is 79.9. The monoisotopic (exact) mass is 399 g/mol. The van der Waals surface area contributed by atoms with Crippen LogP contribution < -0.4 is 5.43 Å². The van der Waals surface area contributed by atoms with Gasteiger partial charge in [-0.25, -0.2) is 18.2 Å². The van der Waals surface area contributed by atoms with Gasteiger partial charge in [-0.3, -0.25) is 4.79 Å². The Morgan fingerprint density at radius 2 is 2.13 bits per heavy atom. The lowest BCUT2D eigenvalue weighted by molar-refractivity contribution is 0.0950. The van der Waals surface area contributed by atoms with Crippen molar-refractivity contribution in [2.24, 2.45) is 5.10 Å². The lowest BCUT2D eigenvalue weighted by Crippen LogP contribution is -2.26. The number of hydrogen-bond acceptors (Lipinski definition) is 4. The van der Waals surface area contributed by atoms with Crippen molar-refractivity contribution in [2.75, 3.05) is 5.75 Å². The number of benzene rings is 1. The first-order valence-corrected chi connectivity index (χ1v) is 9.05. The summed E-state index contributed by atoms with van der Waals surface area (Å²) in [5, 5.41) is 3.97. The minimum absolute atomic E-state index is 0.0285. The van der Waals surface area contributed by atoms with Gasteiger partial charge in [0, 0.05) is 22.7 Å². The molecule has 0 saturated heterocycles. The van der Waals surface area contributed by atoms with Crippen molar-refractivity contribution in [1.29, 1.82) is 0 Å². The maximum atomic E-state index is 13.4. The number of amides is 1. The third kappa shape index (κ3) is 3.20. The van der Waals surface area contributed by atoms with Crippen molar-refractivity contribution in [2.45, 2.75) is 11.3 Å². The molecule has 3 rings (SSSR count). The predicted molar refractivity (Wildman–Crippen MR) is 85.6 cm³/mol. The molecule has 1 amide bonds. The number of aromatic amines is 1. The van der Waals surface area contributed by atoms with Crippen LogP contribution in [0.4, 0.5) is 4.39 Å². The smallest absolute Gasteiger partial charge is 0.287 e. The number of carbonyl (C=O) groups excluding carboxylic acids is 1. The number of carbonyl (C=O) groups is 1. The molecule has 6 nitrogen and oxygen atoms in total. The molecule has 0 atom stereocenters. The van der Waals surface area contributed by atoms with Crippen molar-refractivity contribution in [3.8, 4) is 0 Å². The molecule has 1 aliphatic heterocycles. The van der Waals surface area contributed by atoms with Crippen molar-refractivity contribution >= 4 is 37.4 Å². The number of aromatic nitrogens is 1. The Balaban J connectivity index is 1.92. The van der Waals surface area contributed by atoms with E-state index in [1.165, 1.54) is 6.07 Å². The Bertz CT molecular complexity index is 921. The molecule has 1 aliphatic rings. The van der Waals surface area contributed by atoms with E-state index in [2.05, 4.69) is 31.4 Å². The van der Waals surface area contributed by atoms with E-state index in [1.807, 2.05) is 0 Å². The first-order chi connectivity index (χ1) is 10.9. The van der Waals surface area contributed by atoms with Gasteiger partial charge < -0.3 is 4.98 Å². The zero-order chi connectivity index (χ0) is 16.6. The average molecular weight is 400 g/mol. The molecule has 1 aromatic carbocycles. The fourth-order valence-corrected chi connectivity index (χ4v) is 4.08. The molecule has 0 spiro atoms. The Kier molecular flexibility index (Phi) is 4.07. The number of H-pyrrole nitrogens is 1. The summed E-state index contributed by atoms with van der Waals surface area (Å²) in [6, 6.07) is 5.00. The number of nitrogens with zero attached hydrogens (tertiary/aromatic N) is 1. The highest BCUT2D eigenvalue weighted by Crippen LogP contribution is 2.26. The van der Waals surface area contributed by atoms with Gasteiger partial charge in [-0.15, -0.1) is 0 Å². The minimum Gasteiger partial charge on any atom is -0.356 e. The van der Waals surface area contributed by atoms with Crippen LogP contribution in [0.1, 0.15) is 22.5 Å². The van der Waals surface area contributed by atoms with E-state index in [-0.39, 0.29) is 22.6 Å². The number of rotatable bonds is 2. The Morgan fingerprint density at radius 3 is 2.83 bits per heavy atom. The SMILES string of the molecule is O=C(NN=C1CCS(=O)(=O)c2ccc(F)cc21)c1cc(Br)c[nH]1. The summed E-state index contributed by atoms with van der Waals surface area (Å²) in [4.78, 5) is 14.7. The molecule has 2 aromatic rings. The highest BCUT2D eigenvalue weighted by Gasteiger charge is 2.28. The van der Waals surface area contributed by atoms with Crippen molar-refractivity contribution in [3.63, 3.8) is 0 Å². The van der Waals surface area contributed by atoms with Gasteiger partial charge in [0.05, 0.1) is 16.4 Å². The molecular formula is C14H11BrFN3O3S.